The Morgan fingerprint density at radius 3 is 2.43 bits per heavy atom. The molecule has 4 N–H and O–H groups in total. The maximum Gasteiger partial charge on any atom is 0.123 e. The maximum atomic E-state index is 13.5. The van der Waals surface area contributed by atoms with E-state index in [1.165, 1.54) is 12.1 Å². The van der Waals surface area contributed by atoms with Crippen LogP contribution >= 0.6 is 0 Å². The smallest absolute Gasteiger partial charge is 0.123 e. The first-order chi connectivity index (χ1) is 18.1. The topological polar surface area (TPSA) is 101 Å². The van der Waals surface area contributed by atoms with E-state index in [9.17, 15) is 4.39 Å². The van der Waals surface area contributed by atoms with Gasteiger partial charge in [-0.3, -0.25) is 10.4 Å². The Morgan fingerprint density at radius 1 is 0.946 bits per heavy atom. The van der Waals surface area contributed by atoms with Gasteiger partial charge in [-0.05, 0) is 90.8 Å². The van der Waals surface area contributed by atoms with Gasteiger partial charge in [-0.1, -0.05) is 6.07 Å². The van der Waals surface area contributed by atoms with E-state index in [1.807, 2.05) is 35.0 Å². The van der Waals surface area contributed by atoms with E-state index in [1.54, 1.807) is 36.7 Å². The Morgan fingerprint density at radius 2 is 1.70 bits per heavy atom. The first-order valence-corrected chi connectivity index (χ1v) is 12.0. The summed E-state index contributed by atoms with van der Waals surface area (Å²) in [7, 11) is 0. The standard InChI is InChI=1S/C29H27FN6O/c30-24-7-3-22(4-8-24)28-27(21-12-15-33-16-13-21)26-11-2-20(19-36(26)35-28)18-34-14-1-17-37-25-9-5-23(6-10-25)29(31)32/h2-13,15-16,19,34H,1,14,17-18H2,(H3,31,32). The minimum atomic E-state index is -0.275. The van der Waals surface area contributed by atoms with Gasteiger partial charge in [-0.15, -0.1) is 0 Å². The predicted octanol–water partition coefficient (Wildman–Crippen LogP) is 5.05. The molecule has 5 rings (SSSR count). The minimum absolute atomic E-state index is 0.0457. The molecule has 0 amide bonds. The van der Waals surface area contributed by atoms with Gasteiger partial charge in [0.1, 0.15) is 23.1 Å². The maximum absolute atomic E-state index is 13.5. The predicted molar refractivity (Wildman–Crippen MR) is 143 cm³/mol. The third-order valence-electron chi connectivity index (χ3n) is 6.04. The van der Waals surface area contributed by atoms with Gasteiger partial charge in [0.25, 0.3) is 0 Å². The molecule has 37 heavy (non-hydrogen) atoms. The van der Waals surface area contributed by atoms with E-state index in [0.717, 1.165) is 52.2 Å². The average molecular weight is 495 g/mol. The van der Waals surface area contributed by atoms with Gasteiger partial charge in [-0.25, -0.2) is 8.91 Å². The molecule has 0 bridgehead atoms. The number of hydrogen-bond donors (Lipinski definition) is 3. The van der Waals surface area contributed by atoms with Crippen molar-refractivity contribution < 1.29 is 9.13 Å². The van der Waals surface area contributed by atoms with Gasteiger partial charge in [0.2, 0.25) is 0 Å². The van der Waals surface area contributed by atoms with Crippen molar-refractivity contribution in [3.63, 3.8) is 0 Å². The van der Waals surface area contributed by atoms with Crippen LogP contribution in [0, 0.1) is 11.2 Å². The van der Waals surface area contributed by atoms with Crippen LogP contribution in [0.4, 0.5) is 4.39 Å². The molecule has 3 aromatic heterocycles. The highest BCUT2D eigenvalue weighted by Crippen LogP contribution is 2.35. The lowest BCUT2D eigenvalue weighted by Crippen LogP contribution is -2.17. The first-order valence-electron chi connectivity index (χ1n) is 12.0. The van der Waals surface area contributed by atoms with Crippen molar-refractivity contribution in [2.75, 3.05) is 13.2 Å². The van der Waals surface area contributed by atoms with Crippen LogP contribution in [0.5, 0.6) is 5.75 Å². The van der Waals surface area contributed by atoms with Crippen LogP contribution in [-0.2, 0) is 6.54 Å². The van der Waals surface area contributed by atoms with E-state index >= 15 is 0 Å². The van der Waals surface area contributed by atoms with Crippen molar-refractivity contribution in [2.24, 2.45) is 5.73 Å². The molecule has 2 aromatic carbocycles. The highest BCUT2D eigenvalue weighted by Gasteiger charge is 2.16. The van der Waals surface area contributed by atoms with Gasteiger partial charge < -0.3 is 15.8 Å². The molecule has 0 saturated heterocycles. The minimum Gasteiger partial charge on any atom is -0.494 e. The van der Waals surface area contributed by atoms with Crippen LogP contribution in [-0.4, -0.2) is 33.6 Å². The van der Waals surface area contributed by atoms with Gasteiger partial charge in [0, 0.05) is 41.8 Å². The molecule has 8 heteroatoms. The van der Waals surface area contributed by atoms with Crippen molar-refractivity contribution in [3.8, 4) is 28.1 Å². The average Bonchev–Trinajstić information content (AvgIpc) is 3.30. The van der Waals surface area contributed by atoms with Crippen LogP contribution in [0.2, 0.25) is 0 Å². The SMILES string of the molecule is N=C(N)c1ccc(OCCCNCc2ccc3c(-c4ccncc4)c(-c4ccc(F)cc4)nn3c2)cc1. The number of fused-ring (bicyclic) bond motifs is 1. The molecule has 3 heterocycles. The van der Waals surface area contributed by atoms with E-state index in [2.05, 4.69) is 22.4 Å². The number of nitrogens with one attached hydrogen (secondary N) is 2. The summed E-state index contributed by atoms with van der Waals surface area (Å²) < 4.78 is 21.2. The summed E-state index contributed by atoms with van der Waals surface area (Å²) in [6, 6.07) is 21.7. The molecule has 0 fully saturated rings. The molecule has 0 aliphatic rings. The van der Waals surface area contributed by atoms with Gasteiger partial charge in [0.05, 0.1) is 12.1 Å². The molecule has 7 nitrogen and oxygen atoms in total. The van der Waals surface area contributed by atoms with E-state index < -0.39 is 0 Å². The van der Waals surface area contributed by atoms with Crippen LogP contribution < -0.4 is 15.8 Å². The Hall–Kier alpha value is -4.56. The number of rotatable bonds is 10. The zero-order valence-corrected chi connectivity index (χ0v) is 20.2. The summed E-state index contributed by atoms with van der Waals surface area (Å²) in [4.78, 5) is 4.14. The number of pyridine rings is 2. The Balaban J connectivity index is 1.24. The van der Waals surface area contributed by atoms with Gasteiger partial charge in [-0.2, -0.15) is 5.10 Å². The Kier molecular flexibility index (Phi) is 7.19. The fourth-order valence-electron chi connectivity index (χ4n) is 4.16. The van der Waals surface area contributed by atoms with Crippen LogP contribution in [0.25, 0.3) is 27.9 Å². The number of aromatic nitrogens is 3. The van der Waals surface area contributed by atoms with Crippen LogP contribution in [0.15, 0.2) is 91.4 Å². The summed E-state index contributed by atoms with van der Waals surface area (Å²) in [5, 5.41) is 15.8. The second kappa shape index (κ2) is 11.0. The van der Waals surface area contributed by atoms with Gasteiger partial charge >= 0.3 is 0 Å². The van der Waals surface area contributed by atoms with Crippen molar-refractivity contribution in [3.05, 3.63) is 108 Å². The Labute approximate surface area is 214 Å². The summed E-state index contributed by atoms with van der Waals surface area (Å²) >= 11 is 0. The lowest BCUT2D eigenvalue weighted by Gasteiger charge is -2.08. The van der Waals surface area contributed by atoms with E-state index in [4.69, 9.17) is 21.0 Å². The van der Waals surface area contributed by atoms with E-state index in [-0.39, 0.29) is 11.7 Å². The summed E-state index contributed by atoms with van der Waals surface area (Å²) in [5.41, 5.74) is 11.9. The number of benzene rings is 2. The van der Waals surface area contributed by atoms with E-state index in [0.29, 0.717) is 18.7 Å². The lowest BCUT2D eigenvalue weighted by atomic mass is 10.0. The monoisotopic (exact) mass is 494 g/mol. The molecule has 0 unspecified atom stereocenters. The van der Waals surface area contributed by atoms with Crippen molar-refractivity contribution in [2.45, 2.75) is 13.0 Å². The van der Waals surface area contributed by atoms with Crippen molar-refractivity contribution >= 4 is 11.4 Å². The molecular formula is C29H27FN6O. The largest absolute Gasteiger partial charge is 0.494 e. The second-order valence-electron chi connectivity index (χ2n) is 8.65. The molecule has 186 valence electrons. The first kappa shape index (κ1) is 24.1. The fraction of sp³-hybridized carbons (Fsp3) is 0.138. The number of nitrogen functional groups attached to an aromatic ring is 1. The lowest BCUT2D eigenvalue weighted by molar-refractivity contribution is 0.308. The molecule has 0 radical (unpaired) electrons. The normalized spacial score (nSPS) is 11.1. The summed E-state index contributed by atoms with van der Waals surface area (Å²) in [5.74, 6) is 0.531. The van der Waals surface area contributed by atoms with Crippen LogP contribution in [0.1, 0.15) is 17.5 Å². The molecule has 0 aliphatic heterocycles. The molecule has 0 atom stereocenters. The quantitative estimate of drug-likeness (QED) is 0.143. The number of hydrogen-bond acceptors (Lipinski definition) is 5. The number of ether oxygens (including phenoxy) is 1. The molecule has 5 aromatic rings. The third kappa shape index (κ3) is 5.65. The zero-order valence-electron chi connectivity index (χ0n) is 20.2. The van der Waals surface area contributed by atoms with Crippen molar-refractivity contribution in [1.82, 2.24) is 19.9 Å². The summed E-state index contributed by atoms with van der Waals surface area (Å²) in [6.45, 7) is 2.08. The highest BCUT2D eigenvalue weighted by atomic mass is 19.1. The second-order valence-corrected chi connectivity index (χ2v) is 8.65. The summed E-state index contributed by atoms with van der Waals surface area (Å²) in [6.07, 6.45) is 6.39. The third-order valence-corrected chi connectivity index (χ3v) is 6.04. The number of nitrogens with two attached hydrogens (primary N) is 1. The number of amidine groups is 1. The molecule has 0 saturated carbocycles. The molecule has 0 spiro atoms. The van der Waals surface area contributed by atoms with Gasteiger partial charge in [0.15, 0.2) is 0 Å². The van der Waals surface area contributed by atoms with Crippen molar-refractivity contribution in [1.29, 1.82) is 5.41 Å². The highest BCUT2D eigenvalue weighted by molar-refractivity contribution is 5.95. The number of nitrogens with zero attached hydrogens (tertiary/aromatic N) is 3. The number of halogens is 1. The molecular weight excluding hydrogens is 467 g/mol. The molecule has 0 aliphatic carbocycles. The Bertz CT molecular complexity index is 1500. The fourth-order valence-corrected chi connectivity index (χ4v) is 4.16. The van der Waals surface area contributed by atoms with Crippen LogP contribution in [0.3, 0.4) is 0 Å². The zero-order chi connectivity index (χ0) is 25.6.